The normalized spacial score (nSPS) is 10.8. The van der Waals surface area contributed by atoms with Crippen LogP contribution in [0.3, 0.4) is 0 Å². The van der Waals surface area contributed by atoms with Gasteiger partial charge in [0.15, 0.2) is 0 Å². The Bertz CT molecular complexity index is 695. The van der Waals surface area contributed by atoms with Crippen LogP contribution >= 0.6 is 0 Å². The van der Waals surface area contributed by atoms with Gasteiger partial charge < -0.3 is 4.74 Å². The molecule has 0 aliphatic heterocycles. The van der Waals surface area contributed by atoms with Crippen LogP contribution in [0, 0.1) is 0 Å². The fraction of sp³-hybridized carbons (Fsp3) is 0.312. The molecule has 0 unspecified atom stereocenters. The maximum absolute atomic E-state index is 11.4. The number of ether oxygens (including phenoxy) is 1. The van der Waals surface area contributed by atoms with Gasteiger partial charge in [-0.15, -0.1) is 0 Å². The molecule has 6 heteroatoms. The van der Waals surface area contributed by atoms with E-state index in [1.165, 1.54) is 6.07 Å². The number of nitrogens with one attached hydrogen (secondary N) is 2. The summed E-state index contributed by atoms with van der Waals surface area (Å²) in [6.07, 6.45) is 3.31. The van der Waals surface area contributed by atoms with Crippen LogP contribution in [-0.2, 0) is 6.42 Å². The Kier molecular flexibility index (Phi) is 5.71. The smallest absolute Gasteiger partial charge is 0.252 e. The van der Waals surface area contributed by atoms with Crippen molar-refractivity contribution < 1.29 is 4.74 Å². The van der Waals surface area contributed by atoms with Gasteiger partial charge in [0.05, 0.1) is 12.8 Å². The predicted octanol–water partition coefficient (Wildman–Crippen LogP) is 2.57. The van der Waals surface area contributed by atoms with E-state index in [0.29, 0.717) is 19.0 Å². The van der Waals surface area contributed by atoms with Gasteiger partial charge in [0, 0.05) is 11.8 Å². The molecule has 2 N–H and O–H groups in total. The third kappa shape index (κ3) is 4.73. The van der Waals surface area contributed by atoms with Gasteiger partial charge >= 0.3 is 0 Å². The number of benzene rings is 1. The molecule has 1 aromatic heterocycles. The number of H-pyrrole nitrogens is 1. The van der Waals surface area contributed by atoms with Crippen molar-refractivity contribution in [3.8, 4) is 5.75 Å². The number of rotatable bonds is 7. The molecule has 6 nitrogen and oxygen atoms in total. The van der Waals surface area contributed by atoms with Crippen molar-refractivity contribution in [1.29, 1.82) is 0 Å². The topological polar surface area (TPSA) is 79.4 Å². The Morgan fingerprint density at radius 1 is 1.36 bits per heavy atom. The molecule has 22 heavy (non-hydrogen) atoms. The summed E-state index contributed by atoms with van der Waals surface area (Å²) in [7, 11) is 0. The lowest BCUT2D eigenvalue weighted by molar-refractivity contribution is 0.317. The molecule has 0 aliphatic rings. The van der Waals surface area contributed by atoms with Crippen molar-refractivity contribution in [2.24, 2.45) is 5.10 Å². The molecule has 1 aromatic carbocycles. The van der Waals surface area contributed by atoms with Crippen LogP contribution in [0.4, 0.5) is 5.95 Å². The number of hydrazone groups is 1. The summed E-state index contributed by atoms with van der Waals surface area (Å²) in [6.45, 7) is 4.69. The third-order valence-electron chi connectivity index (χ3n) is 2.87. The van der Waals surface area contributed by atoms with Crippen LogP contribution in [0.1, 0.15) is 31.5 Å². The van der Waals surface area contributed by atoms with E-state index in [0.717, 1.165) is 23.4 Å². The van der Waals surface area contributed by atoms with E-state index in [1.807, 2.05) is 31.2 Å². The molecule has 2 aromatic rings. The fourth-order valence-electron chi connectivity index (χ4n) is 1.81. The second kappa shape index (κ2) is 7.97. The van der Waals surface area contributed by atoms with Crippen molar-refractivity contribution >= 4 is 12.2 Å². The molecular weight excluding hydrogens is 280 g/mol. The number of hydrogen-bond donors (Lipinski definition) is 2. The molecule has 0 radical (unpaired) electrons. The summed E-state index contributed by atoms with van der Waals surface area (Å²) < 4.78 is 5.56. The molecule has 0 saturated heterocycles. The average molecular weight is 300 g/mol. The van der Waals surface area contributed by atoms with Crippen LogP contribution in [0.15, 0.2) is 40.2 Å². The molecule has 0 atom stereocenters. The van der Waals surface area contributed by atoms with E-state index in [4.69, 9.17) is 4.74 Å². The molecular formula is C16H20N4O2. The van der Waals surface area contributed by atoms with Crippen molar-refractivity contribution in [3.63, 3.8) is 0 Å². The number of aryl methyl sites for hydroxylation is 1. The van der Waals surface area contributed by atoms with Crippen LogP contribution in [0.2, 0.25) is 0 Å². The fourth-order valence-corrected chi connectivity index (χ4v) is 1.81. The molecule has 0 fully saturated rings. The average Bonchev–Trinajstić information content (AvgIpc) is 2.53. The molecule has 1 heterocycles. The Morgan fingerprint density at radius 2 is 2.23 bits per heavy atom. The first kappa shape index (κ1) is 15.8. The Balaban J connectivity index is 2.03. The van der Waals surface area contributed by atoms with E-state index in [9.17, 15) is 4.79 Å². The quantitative estimate of drug-likeness (QED) is 0.608. The van der Waals surface area contributed by atoms with Gasteiger partial charge in [-0.1, -0.05) is 26.0 Å². The van der Waals surface area contributed by atoms with Gasteiger partial charge in [-0.25, -0.2) is 10.4 Å². The molecule has 0 bridgehead atoms. The first-order chi connectivity index (χ1) is 10.7. The zero-order valence-corrected chi connectivity index (χ0v) is 12.8. The number of nitrogens with zero attached hydrogens (tertiary/aromatic N) is 2. The molecule has 0 saturated carbocycles. The minimum atomic E-state index is -0.195. The summed E-state index contributed by atoms with van der Waals surface area (Å²) in [5.74, 6) is 1.14. The zero-order valence-electron chi connectivity index (χ0n) is 12.8. The van der Waals surface area contributed by atoms with Crippen molar-refractivity contribution in [1.82, 2.24) is 9.97 Å². The largest absolute Gasteiger partial charge is 0.494 e. The van der Waals surface area contributed by atoms with Gasteiger partial charge in [-0.3, -0.25) is 9.78 Å². The van der Waals surface area contributed by atoms with E-state index in [2.05, 4.69) is 27.4 Å². The zero-order chi connectivity index (χ0) is 15.8. The molecule has 116 valence electrons. The monoisotopic (exact) mass is 300 g/mol. The maximum Gasteiger partial charge on any atom is 0.252 e. The third-order valence-corrected chi connectivity index (χ3v) is 2.87. The summed E-state index contributed by atoms with van der Waals surface area (Å²) in [5, 5.41) is 4.09. The lowest BCUT2D eigenvalue weighted by atomic mass is 10.2. The van der Waals surface area contributed by atoms with Crippen molar-refractivity contribution in [2.45, 2.75) is 26.7 Å². The van der Waals surface area contributed by atoms with Crippen LogP contribution in [-0.4, -0.2) is 22.8 Å². The highest BCUT2D eigenvalue weighted by Crippen LogP contribution is 2.12. The van der Waals surface area contributed by atoms with Crippen LogP contribution < -0.4 is 15.7 Å². The number of aromatic amines is 1. The first-order valence-electron chi connectivity index (χ1n) is 7.33. The van der Waals surface area contributed by atoms with Gasteiger partial charge in [0.2, 0.25) is 5.95 Å². The number of hydrogen-bond acceptors (Lipinski definition) is 5. The maximum atomic E-state index is 11.4. The minimum absolute atomic E-state index is 0.195. The summed E-state index contributed by atoms with van der Waals surface area (Å²) in [5.41, 5.74) is 4.16. The number of anilines is 1. The lowest BCUT2D eigenvalue weighted by Gasteiger charge is -2.04. The van der Waals surface area contributed by atoms with E-state index >= 15 is 0 Å². The highest BCUT2D eigenvalue weighted by atomic mass is 16.5. The summed E-state index contributed by atoms with van der Waals surface area (Å²) in [4.78, 5) is 18.3. The van der Waals surface area contributed by atoms with Crippen LogP contribution in [0.25, 0.3) is 0 Å². The van der Waals surface area contributed by atoms with E-state index in [1.54, 1.807) is 6.21 Å². The Labute approximate surface area is 129 Å². The standard InChI is InChI=1S/C16H20N4O2/c1-3-8-22-14-7-5-6-12(9-14)11-17-20-16-18-13(4-2)10-15(21)19-16/h5-7,9-11H,3-4,8H2,1-2H3,(H2,18,19,20,21)/b17-11-. The summed E-state index contributed by atoms with van der Waals surface area (Å²) >= 11 is 0. The Hall–Kier alpha value is -2.63. The van der Waals surface area contributed by atoms with Crippen molar-refractivity contribution in [2.75, 3.05) is 12.0 Å². The predicted molar refractivity (Wildman–Crippen MR) is 87.7 cm³/mol. The molecule has 0 amide bonds. The molecule has 0 spiro atoms. The Morgan fingerprint density at radius 3 is 3.00 bits per heavy atom. The minimum Gasteiger partial charge on any atom is -0.494 e. The van der Waals surface area contributed by atoms with Gasteiger partial charge in [0.1, 0.15) is 5.75 Å². The highest BCUT2D eigenvalue weighted by molar-refractivity contribution is 5.80. The van der Waals surface area contributed by atoms with Gasteiger partial charge in [-0.2, -0.15) is 5.10 Å². The van der Waals surface area contributed by atoms with Gasteiger partial charge in [0.25, 0.3) is 5.56 Å². The highest BCUT2D eigenvalue weighted by Gasteiger charge is 1.98. The molecule has 0 aliphatic carbocycles. The number of aromatic nitrogens is 2. The van der Waals surface area contributed by atoms with Crippen LogP contribution in [0.5, 0.6) is 5.75 Å². The van der Waals surface area contributed by atoms with E-state index < -0.39 is 0 Å². The van der Waals surface area contributed by atoms with Crippen molar-refractivity contribution in [3.05, 3.63) is 51.9 Å². The van der Waals surface area contributed by atoms with E-state index in [-0.39, 0.29) is 5.56 Å². The summed E-state index contributed by atoms with van der Waals surface area (Å²) in [6, 6.07) is 9.11. The SMILES string of the molecule is CCCOc1cccc(/C=N\Nc2nc(CC)cc(=O)[nH]2)c1. The second-order valence-electron chi connectivity index (χ2n) is 4.73. The lowest BCUT2D eigenvalue weighted by Crippen LogP contribution is -2.11. The second-order valence-corrected chi connectivity index (χ2v) is 4.73. The van der Waals surface area contributed by atoms with Gasteiger partial charge in [-0.05, 0) is 30.5 Å². The molecule has 2 rings (SSSR count). The first-order valence-corrected chi connectivity index (χ1v) is 7.33.